The fourth-order valence-corrected chi connectivity index (χ4v) is 2.11. The predicted molar refractivity (Wildman–Crippen MR) is 80.7 cm³/mol. The molecule has 0 atom stereocenters. The van der Waals surface area contributed by atoms with Gasteiger partial charge in [-0.2, -0.15) is 0 Å². The first-order valence-corrected chi connectivity index (χ1v) is 6.91. The van der Waals surface area contributed by atoms with Crippen molar-refractivity contribution in [2.75, 3.05) is 12.8 Å². The van der Waals surface area contributed by atoms with Crippen LogP contribution in [0.3, 0.4) is 0 Å². The van der Waals surface area contributed by atoms with Crippen LogP contribution in [0, 0.1) is 3.57 Å². The number of halogens is 1. The van der Waals surface area contributed by atoms with Crippen molar-refractivity contribution in [3.05, 3.63) is 21.7 Å². The van der Waals surface area contributed by atoms with Gasteiger partial charge in [-0.1, -0.05) is 13.3 Å². The average Bonchev–Trinajstić information content (AvgIpc) is 2.44. The maximum absolute atomic E-state index is 5.93. The molecule has 0 amide bonds. The first-order valence-electron chi connectivity index (χ1n) is 5.84. The molecule has 2 aromatic heterocycles. The molecular weight excluding hydrogens is 357 g/mol. The summed E-state index contributed by atoms with van der Waals surface area (Å²) < 4.78 is 5.98. The van der Waals surface area contributed by atoms with E-state index in [1.807, 2.05) is 0 Å². The lowest BCUT2D eigenvalue weighted by Gasteiger charge is -2.08. The van der Waals surface area contributed by atoms with Crippen molar-refractivity contribution in [2.24, 2.45) is 0 Å². The maximum atomic E-state index is 5.93. The van der Waals surface area contributed by atoms with E-state index < -0.39 is 0 Å². The summed E-state index contributed by atoms with van der Waals surface area (Å²) in [7, 11) is 1.55. The van der Waals surface area contributed by atoms with E-state index >= 15 is 0 Å². The number of nitrogens with zero attached hydrogens (tertiary/aromatic N) is 4. The molecule has 0 aliphatic heterocycles. The molecule has 0 aliphatic rings. The molecule has 100 valence electrons. The average molecular weight is 371 g/mol. The number of hydrogen-bond acceptors (Lipinski definition) is 6. The highest BCUT2D eigenvalue weighted by Gasteiger charge is 2.12. The van der Waals surface area contributed by atoms with Gasteiger partial charge in [0, 0.05) is 6.07 Å². The van der Waals surface area contributed by atoms with Gasteiger partial charge in [-0.05, 0) is 29.0 Å². The van der Waals surface area contributed by atoms with Crippen LogP contribution >= 0.6 is 22.6 Å². The van der Waals surface area contributed by atoms with Gasteiger partial charge >= 0.3 is 0 Å². The third-order valence-corrected chi connectivity index (χ3v) is 3.69. The third-order valence-electron chi connectivity index (χ3n) is 2.51. The molecule has 19 heavy (non-hydrogen) atoms. The second-order valence-electron chi connectivity index (χ2n) is 3.89. The minimum atomic E-state index is 0.475. The highest BCUT2D eigenvalue weighted by molar-refractivity contribution is 14.1. The fraction of sp³-hybridized carbons (Fsp3) is 0.333. The second kappa shape index (κ2) is 6.09. The van der Waals surface area contributed by atoms with Crippen molar-refractivity contribution in [3.8, 4) is 17.4 Å². The number of hydrogen-bond donors (Lipinski definition) is 1. The van der Waals surface area contributed by atoms with E-state index in [0.717, 1.165) is 22.1 Å². The number of nitrogens with two attached hydrogens (primary N) is 1. The monoisotopic (exact) mass is 371 g/mol. The highest BCUT2D eigenvalue weighted by Crippen LogP contribution is 2.23. The first kappa shape index (κ1) is 13.9. The lowest BCUT2D eigenvalue weighted by atomic mass is 10.2. The SMILES string of the molecule is CCCc1nc(-c2cc(OC)ncn2)nc(N)c1I. The molecule has 0 aliphatic carbocycles. The van der Waals surface area contributed by atoms with Crippen LogP contribution in [0.2, 0.25) is 0 Å². The predicted octanol–water partition coefficient (Wildman–Crippen LogP) is 2.08. The van der Waals surface area contributed by atoms with Crippen LogP contribution in [0.5, 0.6) is 5.88 Å². The third kappa shape index (κ3) is 3.09. The number of anilines is 1. The number of aromatic nitrogens is 4. The molecular formula is C12H14IN5O. The van der Waals surface area contributed by atoms with E-state index in [4.69, 9.17) is 10.5 Å². The van der Waals surface area contributed by atoms with Gasteiger partial charge in [-0.3, -0.25) is 0 Å². The molecule has 2 rings (SSSR count). The first-order chi connectivity index (χ1) is 9.15. The Hall–Kier alpha value is -1.51. The summed E-state index contributed by atoms with van der Waals surface area (Å²) in [4.78, 5) is 16.9. The summed E-state index contributed by atoms with van der Waals surface area (Å²) in [6.07, 6.45) is 3.28. The molecule has 0 unspecified atom stereocenters. The van der Waals surface area contributed by atoms with Gasteiger partial charge in [0.1, 0.15) is 17.8 Å². The van der Waals surface area contributed by atoms with Crippen molar-refractivity contribution in [1.82, 2.24) is 19.9 Å². The summed E-state index contributed by atoms with van der Waals surface area (Å²) in [6.45, 7) is 2.10. The standard InChI is InChI=1S/C12H14IN5O/c1-3-4-7-10(13)11(14)18-12(17-7)8-5-9(19-2)16-6-15-8/h5-6H,3-4H2,1-2H3,(H2,14,17,18). The van der Waals surface area contributed by atoms with Crippen LogP contribution in [0.4, 0.5) is 5.82 Å². The number of ether oxygens (including phenoxy) is 1. The molecule has 0 aromatic carbocycles. The van der Waals surface area contributed by atoms with E-state index in [9.17, 15) is 0 Å². The Kier molecular flexibility index (Phi) is 4.46. The van der Waals surface area contributed by atoms with Gasteiger partial charge in [0.05, 0.1) is 16.4 Å². The summed E-state index contributed by atoms with van der Waals surface area (Å²) >= 11 is 2.17. The largest absolute Gasteiger partial charge is 0.481 e. The Bertz CT molecular complexity index is 590. The van der Waals surface area contributed by atoms with Crippen LogP contribution in [0.25, 0.3) is 11.5 Å². The normalized spacial score (nSPS) is 10.5. The number of nitrogen functional groups attached to an aromatic ring is 1. The molecule has 0 radical (unpaired) electrons. The van der Waals surface area contributed by atoms with E-state index in [1.165, 1.54) is 6.33 Å². The van der Waals surface area contributed by atoms with Crippen molar-refractivity contribution >= 4 is 28.4 Å². The molecule has 0 spiro atoms. The Morgan fingerprint density at radius 3 is 2.79 bits per heavy atom. The van der Waals surface area contributed by atoms with Crippen LogP contribution in [0.15, 0.2) is 12.4 Å². The lowest BCUT2D eigenvalue weighted by Crippen LogP contribution is -2.06. The van der Waals surface area contributed by atoms with Gasteiger partial charge in [0.2, 0.25) is 5.88 Å². The Labute approximate surface area is 125 Å². The van der Waals surface area contributed by atoms with Crippen LogP contribution in [0.1, 0.15) is 19.0 Å². The van der Waals surface area contributed by atoms with E-state index in [-0.39, 0.29) is 0 Å². The van der Waals surface area contributed by atoms with Crippen molar-refractivity contribution in [3.63, 3.8) is 0 Å². The Morgan fingerprint density at radius 1 is 1.32 bits per heavy atom. The number of rotatable bonds is 4. The highest BCUT2D eigenvalue weighted by atomic mass is 127. The summed E-state index contributed by atoms with van der Waals surface area (Å²) in [5.74, 6) is 1.46. The molecule has 0 fully saturated rings. The zero-order valence-electron chi connectivity index (χ0n) is 10.7. The number of methoxy groups -OCH3 is 1. The maximum Gasteiger partial charge on any atom is 0.216 e. The Morgan fingerprint density at radius 2 is 2.11 bits per heavy atom. The van der Waals surface area contributed by atoms with Gasteiger partial charge in [-0.15, -0.1) is 0 Å². The zero-order valence-corrected chi connectivity index (χ0v) is 12.9. The minimum absolute atomic E-state index is 0.475. The van der Waals surface area contributed by atoms with Gasteiger partial charge < -0.3 is 10.5 Å². The van der Waals surface area contributed by atoms with Crippen LogP contribution < -0.4 is 10.5 Å². The molecule has 2 heterocycles. The summed E-state index contributed by atoms with van der Waals surface area (Å²) in [6, 6.07) is 1.69. The second-order valence-corrected chi connectivity index (χ2v) is 4.97. The molecule has 0 saturated carbocycles. The molecule has 2 aromatic rings. The van der Waals surface area contributed by atoms with E-state index in [1.54, 1.807) is 13.2 Å². The summed E-state index contributed by atoms with van der Waals surface area (Å²) in [5, 5.41) is 0. The summed E-state index contributed by atoms with van der Waals surface area (Å²) in [5.41, 5.74) is 7.48. The lowest BCUT2D eigenvalue weighted by molar-refractivity contribution is 0.397. The smallest absolute Gasteiger partial charge is 0.216 e. The van der Waals surface area contributed by atoms with E-state index in [2.05, 4.69) is 49.5 Å². The zero-order chi connectivity index (χ0) is 13.8. The van der Waals surface area contributed by atoms with Gasteiger partial charge in [0.15, 0.2) is 5.82 Å². The van der Waals surface area contributed by atoms with Crippen molar-refractivity contribution in [2.45, 2.75) is 19.8 Å². The molecule has 6 nitrogen and oxygen atoms in total. The molecule has 7 heteroatoms. The minimum Gasteiger partial charge on any atom is -0.481 e. The fourth-order valence-electron chi connectivity index (χ4n) is 1.60. The molecule has 0 bridgehead atoms. The number of aryl methyl sites for hydroxylation is 1. The van der Waals surface area contributed by atoms with Gasteiger partial charge in [-0.25, -0.2) is 19.9 Å². The van der Waals surface area contributed by atoms with Crippen LogP contribution in [-0.4, -0.2) is 27.0 Å². The Balaban J connectivity index is 2.49. The van der Waals surface area contributed by atoms with Crippen LogP contribution in [-0.2, 0) is 6.42 Å². The molecule has 2 N–H and O–H groups in total. The van der Waals surface area contributed by atoms with Gasteiger partial charge in [0.25, 0.3) is 0 Å². The quantitative estimate of drug-likeness (QED) is 0.829. The van der Waals surface area contributed by atoms with E-state index in [0.29, 0.717) is 23.2 Å². The molecule has 0 saturated heterocycles. The van der Waals surface area contributed by atoms with Crippen molar-refractivity contribution < 1.29 is 4.74 Å². The van der Waals surface area contributed by atoms with Crippen molar-refractivity contribution in [1.29, 1.82) is 0 Å². The topological polar surface area (TPSA) is 86.8 Å².